The van der Waals surface area contributed by atoms with Gasteiger partial charge in [0.1, 0.15) is 17.6 Å². The van der Waals surface area contributed by atoms with Crippen LogP contribution in [0.25, 0.3) is 0 Å². The second-order valence-corrected chi connectivity index (χ2v) is 14.2. The molecule has 0 saturated carbocycles. The predicted molar refractivity (Wildman–Crippen MR) is 167 cm³/mol. The molecule has 47 heavy (non-hydrogen) atoms. The van der Waals surface area contributed by atoms with Gasteiger partial charge in [-0.3, -0.25) is 4.90 Å². The van der Waals surface area contributed by atoms with Crippen molar-refractivity contribution in [2.45, 2.75) is 75.9 Å². The number of carbonyl (C=O) groups excluding carboxylic acids is 1. The first-order chi connectivity index (χ1) is 21.9. The van der Waals surface area contributed by atoms with E-state index in [1.807, 2.05) is 6.07 Å². The van der Waals surface area contributed by atoms with Gasteiger partial charge >= 0.3 is 18.4 Å². The van der Waals surface area contributed by atoms with Gasteiger partial charge in [-0.2, -0.15) is 30.7 Å². The summed E-state index contributed by atoms with van der Waals surface area (Å²) in [6.07, 6.45) is -11.5. The lowest BCUT2D eigenvalue weighted by Crippen LogP contribution is -2.57. The molecule has 1 amide bonds. The fourth-order valence-corrected chi connectivity index (χ4v) is 5.78. The molecule has 3 atom stereocenters. The number of benzene rings is 3. The van der Waals surface area contributed by atoms with Crippen LogP contribution >= 0.6 is 0 Å². The number of halogens is 6. The summed E-state index contributed by atoms with van der Waals surface area (Å²) in [4.78, 5) is 15.3. The zero-order valence-corrected chi connectivity index (χ0v) is 27.1. The quantitative estimate of drug-likeness (QED) is 0.223. The van der Waals surface area contributed by atoms with Crippen LogP contribution in [0.15, 0.2) is 83.3 Å². The van der Waals surface area contributed by atoms with E-state index >= 15 is 0 Å². The van der Waals surface area contributed by atoms with E-state index in [2.05, 4.69) is 4.40 Å². The van der Waals surface area contributed by atoms with Crippen molar-refractivity contribution in [1.82, 2.24) is 4.90 Å². The molecular weight excluding hydrogens is 646 g/mol. The van der Waals surface area contributed by atoms with Gasteiger partial charge in [-0.05, 0) is 75.4 Å². The van der Waals surface area contributed by atoms with E-state index < -0.39 is 56.9 Å². The smallest absolute Gasteiger partial charge is 0.416 e. The Hall–Kier alpha value is -3.71. The van der Waals surface area contributed by atoms with Crippen LogP contribution < -0.4 is 0 Å². The van der Waals surface area contributed by atoms with Gasteiger partial charge in [0, 0.05) is 5.71 Å². The first-order valence-corrected chi connectivity index (χ1v) is 15.9. The van der Waals surface area contributed by atoms with Gasteiger partial charge in [0.15, 0.2) is 0 Å². The normalized spacial score (nSPS) is 19.8. The molecule has 6 nitrogen and oxygen atoms in total. The van der Waals surface area contributed by atoms with Crippen LogP contribution in [0.1, 0.15) is 74.5 Å². The summed E-state index contributed by atoms with van der Waals surface area (Å²) in [6, 6.07) is 19.1. The van der Waals surface area contributed by atoms with Crippen molar-refractivity contribution in [3.05, 3.63) is 107 Å². The molecule has 0 bridgehead atoms. The van der Waals surface area contributed by atoms with Crippen LogP contribution in [0, 0.1) is 0 Å². The molecule has 3 aromatic rings. The summed E-state index contributed by atoms with van der Waals surface area (Å²) in [6.45, 7) is 6.20. The Bertz CT molecular complexity index is 1560. The highest BCUT2D eigenvalue weighted by Crippen LogP contribution is 2.41. The van der Waals surface area contributed by atoms with Crippen LogP contribution in [0.5, 0.6) is 0 Å². The Kier molecular flexibility index (Phi) is 10.9. The first kappa shape index (κ1) is 36.1. The number of piperidine rings is 1. The maximum atomic E-state index is 13.9. The van der Waals surface area contributed by atoms with Crippen molar-refractivity contribution >= 4 is 22.8 Å². The van der Waals surface area contributed by atoms with E-state index in [4.69, 9.17) is 9.47 Å². The van der Waals surface area contributed by atoms with Crippen LogP contribution in [0.4, 0.5) is 31.1 Å². The average Bonchev–Trinajstić information content (AvgIpc) is 3.02. The monoisotopic (exact) mass is 682 g/mol. The summed E-state index contributed by atoms with van der Waals surface area (Å²) >= 11 is 0. The van der Waals surface area contributed by atoms with Crippen LogP contribution in [-0.4, -0.2) is 38.8 Å². The molecule has 1 saturated heterocycles. The van der Waals surface area contributed by atoms with Crippen LogP contribution in [0.2, 0.25) is 0 Å². The topological polar surface area (TPSA) is 68.2 Å². The van der Waals surface area contributed by atoms with Gasteiger partial charge in [-0.15, -0.1) is 0 Å². The van der Waals surface area contributed by atoms with Crippen molar-refractivity contribution in [3.8, 4) is 0 Å². The molecule has 1 aliphatic rings. The zero-order chi connectivity index (χ0) is 34.6. The van der Waals surface area contributed by atoms with E-state index in [1.54, 1.807) is 75.4 Å². The largest absolute Gasteiger partial charge is 0.445 e. The molecule has 3 aromatic carbocycles. The van der Waals surface area contributed by atoms with E-state index in [1.165, 1.54) is 11.8 Å². The van der Waals surface area contributed by atoms with E-state index in [0.29, 0.717) is 29.8 Å². The van der Waals surface area contributed by atoms with Crippen LogP contribution in [0.3, 0.4) is 0 Å². The molecule has 0 aliphatic carbocycles. The summed E-state index contributed by atoms with van der Waals surface area (Å²) in [5.74, 6) is 0. The Morgan fingerprint density at radius 2 is 1.47 bits per heavy atom. The zero-order valence-electron chi connectivity index (χ0n) is 26.3. The number of rotatable bonds is 8. The molecule has 0 spiro atoms. The number of nitrogens with zero attached hydrogens (tertiary/aromatic N) is 2. The van der Waals surface area contributed by atoms with Gasteiger partial charge in [0.05, 0.1) is 40.7 Å². The van der Waals surface area contributed by atoms with Crippen molar-refractivity contribution in [2.75, 3.05) is 13.2 Å². The number of ether oxygens (including phenoxy) is 2. The Morgan fingerprint density at radius 1 is 0.915 bits per heavy atom. The van der Waals surface area contributed by atoms with Gasteiger partial charge in [-0.1, -0.05) is 60.7 Å². The third-order valence-corrected chi connectivity index (χ3v) is 9.28. The minimum Gasteiger partial charge on any atom is -0.445 e. The second-order valence-electron chi connectivity index (χ2n) is 12.3. The molecule has 254 valence electrons. The fraction of sp³-hybridized carbons (Fsp3) is 0.412. The molecule has 1 aliphatic heterocycles. The fourth-order valence-electron chi connectivity index (χ4n) is 5.12. The molecule has 0 aromatic heterocycles. The number of amides is 1. The van der Waals surface area contributed by atoms with Gasteiger partial charge < -0.3 is 9.47 Å². The molecule has 13 heteroatoms. The lowest BCUT2D eigenvalue weighted by molar-refractivity contribution is -0.143. The van der Waals surface area contributed by atoms with Crippen LogP contribution in [-0.2, 0) is 45.0 Å². The number of hydrogen-bond acceptors (Lipinski definition) is 4. The number of hydrogen-bond donors (Lipinski definition) is 0. The molecule has 0 radical (unpaired) electrons. The molecule has 4 rings (SSSR count). The maximum absolute atomic E-state index is 13.9. The second kappa shape index (κ2) is 14.2. The van der Waals surface area contributed by atoms with E-state index in [9.17, 15) is 35.3 Å². The lowest BCUT2D eigenvalue weighted by Gasteiger charge is -2.47. The summed E-state index contributed by atoms with van der Waals surface area (Å²) < 4.78 is 110. The molecule has 1 unspecified atom stereocenters. The van der Waals surface area contributed by atoms with Gasteiger partial charge in [0.2, 0.25) is 0 Å². The average molecular weight is 683 g/mol. The number of alkyl halides is 6. The minimum atomic E-state index is -5.02. The number of likely N-dealkylation sites (tertiary alicyclic amines) is 1. The van der Waals surface area contributed by atoms with Crippen molar-refractivity contribution in [1.29, 1.82) is 0 Å². The van der Waals surface area contributed by atoms with E-state index in [0.717, 1.165) is 5.56 Å². The highest BCUT2D eigenvalue weighted by Gasteiger charge is 2.47. The number of carbonyl (C=O) groups is 1. The molecular formula is C34H36F6N2O4S. The summed E-state index contributed by atoms with van der Waals surface area (Å²) in [7, 11) is -1.63. The third-order valence-electron chi connectivity index (χ3n) is 7.81. The Balaban J connectivity index is 1.73. The summed E-state index contributed by atoms with van der Waals surface area (Å²) in [5.41, 5.74) is -2.69. The van der Waals surface area contributed by atoms with Gasteiger partial charge in [-0.25, -0.2) is 9.00 Å². The van der Waals surface area contributed by atoms with Crippen molar-refractivity contribution in [3.63, 3.8) is 0 Å². The molecule has 0 N–H and O–H groups in total. The molecule has 1 heterocycles. The van der Waals surface area contributed by atoms with Gasteiger partial charge in [0.25, 0.3) is 0 Å². The minimum absolute atomic E-state index is 0.0652. The standard InChI is InChI=1S/C34H36F6N2O4S/c1-23(25-17-27(33(35,36)37)19-28(18-25)34(38,39)40)46-22-32(26-13-9-6-10-14-26)16-15-29(41-47(44)31(2,3)4)20-42(32)30(43)45-21-24-11-7-5-8-12-24/h5-14,17-19,23H,15-16,20-22H2,1-4H3/t23-,32-,47?/m1/s1. The maximum Gasteiger partial charge on any atom is 0.416 e. The Morgan fingerprint density at radius 3 is 2.00 bits per heavy atom. The third kappa shape index (κ3) is 9.01. The summed E-state index contributed by atoms with van der Waals surface area (Å²) in [5, 5.41) is 0. The SMILES string of the molecule is C[C@@H](OC[C@@]1(c2ccccc2)CCC(=NS(=O)C(C)(C)C)CN1C(=O)OCc1ccccc1)c1cc(C(F)(F)F)cc(C(F)(F)F)c1. The van der Waals surface area contributed by atoms with Crippen molar-refractivity contribution in [2.24, 2.45) is 4.40 Å². The van der Waals surface area contributed by atoms with Crippen molar-refractivity contribution < 1.29 is 44.8 Å². The highest BCUT2D eigenvalue weighted by molar-refractivity contribution is 7.85. The Labute approximate surface area is 272 Å². The lowest BCUT2D eigenvalue weighted by atomic mass is 9.80. The molecule has 1 fully saturated rings. The first-order valence-electron chi connectivity index (χ1n) is 14.8. The predicted octanol–water partition coefficient (Wildman–Crippen LogP) is 9.03. The highest BCUT2D eigenvalue weighted by atomic mass is 32.2. The van der Waals surface area contributed by atoms with E-state index in [-0.39, 0.29) is 37.8 Å².